The lowest BCUT2D eigenvalue weighted by atomic mass is 9.83. The summed E-state index contributed by atoms with van der Waals surface area (Å²) in [6.07, 6.45) is -27.2. The lowest BCUT2D eigenvalue weighted by Crippen LogP contribution is -2.71. The van der Waals surface area contributed by atoms with Crippen LogP contribution in [0.15, 0.2) is 303 Å². The van der Waals surface area contributed by atoms with Gasteiger partial charge >= 0.3 is 30.5 Å². The molecule has 0 radical (unpaired) electrons. The molecule has 7 aliphatic rings. The summed E-state index contributed by atoms with van der Waals surface area (Å²) in [5.74, 6) is -1.17. The van der Waals surface area contributed by atoms with Crippen LogP contribution in [0.4, 0.5) is 24.0 Å². The van der Waals surface area contributed by atoms with Crippen LogP contribution in [0, 0.1) is 5.92 Å². The van der Waals surface area contributed by atoms with Crippen molar-refractivity contribution in [1.82, 2.24) is 25.8 Å². The van der Waals surface area contributed by atoms with E-state index in [0.29, 0.717) is 32.6 Å². The predicted molar refractivity (Wildman–Crippen MR) is 490 cm³/mol. The van der Waals surface area contributed by atoms with Crippen LogP contribution in [0.5, 0.6) is 0 Å². The van der Waals surface area contributed by atoms with Gasteiger partial charge in [-0.1, -0.05) is 338 Å². The number of nitrogens with zero attached hydrogens (tertiary/aromatic N) is 2. The summed E-state index contributed by atoms with van der Waals surface area (Å²) in [6.45, 7) is 8.99. The molecule has 6 saturated heterocycles. The first kappa shape index (κ1) is 92.3. The van der Waals surface area contributed by atoms with Gasteiger partial charge in [0.15, 0.2) is 37.4 Å². The van der Waals surface area contributed by atoms with Crippen LogP contribution in [0.2, 0.25) is 10.1 Å². The molecule has 0 bridgehead atoms. The Morgan fingerprint density at radius 2 is 0.803 bits per heavy atom. The van der Waals surface area contributed by atoms with Crippen LogP contribution in [0.25, 0.3) is 0 Å². The zero-order valence-corrected chi connectivity index (χ0v) is 75.9. The van der Waals surface area contributed by atoms with E-state index in [0.717, 1.165) is 21.5 Å². The number of hydrogen-bond donors (Lipinski definition) is 7. The summed E-state index contributed by atoms with van der Waals surface area (Å²) in [7, 11) is -7.85. The van der Waals surface area contributed by atoms with Gasteiger partial charge in [-0.2, -0.15) is 0 Å². The Hall–Kier alpha value is -11.5. The molecule has 8 N–H and O–H groups in total. The highest BCUT2D eigenvalue weighted by molar-refractivity contribution is 6.99. The summed E-state index contributed by atoms with van der Waals surface area (Å²) in [6, 6.07) is 88.1. The van der Waals surface area contributed by atoms with Crippen LogP contribution in [0.1, 0.15) is 93.3 Å². The van der Waals surface area contributed by atoms with Crippen molar-refractivity contribution in [3.8, 4) is 0 Å². The Bertz CT molecular complexity index is 5380. The summed E-state index contributed by atoms with van der Waals surface area (Å²) in [4.78, 5) is 91.0. The van der Waals surface area contributed by atoms with Gasteiger partial charge in [-0.25, -0.2) is 24.0 Å². The molecular formula is C102H112N6O22Si2. The van der Waals surface area contributed by atoms with Crippen molar-refractivity contribution in [3.63, 3.8) is 0 Å². The number of fused-ring (bicyclic) bond motifs is 3. The van der Waals surface area contributed by atoms with Crippen molar-refractivity contribution in [2.24, 2.45) is 11.7 Å². The molecule has 690 valence electrons. The quantitative estimate of drug-likeness (QED) is 0.0177. The van der Waals surface area contributed by atoms with E-state index >= 15 is 4.79 Å². The zero-order valence-electron chi connectivity index (χ0n) is 73.9. The first-order valence-electron chi connectivity index (χ1n) is 44.9. The largest absolute Gasteiger partial charge is 0.445 e. The molecule has 1 aliphatic carbocycles. The Labute approximate surface area is 769 Å². The Balaban J connectivity index is 0.798. The third-order valence-electron chi connectivity index (χ3n) is 26.1. The average Bonchev–Trinajstić information content (AvgIpc) is 1.29. The predicted octanol–water partition coefficient (Wildman–Crippen LogP) is 11.4. The summed E-state index contributed by atoms with van der Waals surface area (Å²) >= 11 is 0. The van der Waals surface area contributed by atoms with Crippen molar-refractivity contribution < 1.29 is 105 Å². The number of aliphatic hydroxyl groups is 2. The van der Waals surface area contributed by atoms with Crippen LogP contribution in [-0.2, 0) is 92.4 Å². The number of nitrogens with one attached hydrogen (secondary N) is 3. The number of amides is 5. The number of hydrogen-bond acceptors (Lipinski definition) is 23. The molecule has 132 heavy (non-hydrogen) atoms. The second kappa shape index (κ2) is 40.9. The lowest BCUT2D eigenvalue weighted by molar-refractivity contribution is -0.333. The number of alkyl carbamates (subject to hydrolysis) is 3. The van der Waals surface area contributed by atoms with Gasteiger partial charge in [0.05, 0.1) is 31.8 Å². The van der Waals surface area contributed by atoms with Gasteiger partial charge < -0.3 is 103 Å². The van der Waals surface area contributed by atoms with Crippen molar-refractivity contribution in [3.05, 3.63) is 337 Å². The third kappa shape index (κ3) is 20.1. The molecule has 6 heterocycles. The lowest BCUT2D eigenvalue weighted by Gasteiger charge is -2.52. The Kier molecular flexibility index (Phi) is 28.6. The SMILES string of the molecule is CC(C)(C[C@H]1[C@H](O[C@@H]2[C@H]3OC(=O)N[C@@H]3C[C@H](N)[C@H]2O[C@H]2O[C@@H]3CN(C(=O)OCc4ccccc4)C(c4ccccc4)O[C@H]3[C@@H](O)[C@H]2NC(=O)OCc2ccccc2)O[C@H](CO[Si](c2ccccc2)(c2ccccc2)C(C)(C)C)[C@H]1O[C@H]1O[C@H]2CN(C(=O)OCc3ccccc3)C(c3ccccc3)O[C@H]2[C@H](O)[C@H]1NC(=O)OCc1ccccc1)[Si](O)(c1ccccc1)c1ccccc1. The molecule has 30 heteroatoms. The summed E-state index contributed by atoms with van der Waals surface area (Å²) in [5.41, 5.74) is 11.4. The third-order valence-corrected chi connectivity index (χ3v) is 35.6. The molecule has 17 rings (SSSR count). The van der Waals surface area contributed by atoms with Gasteiger partial charge in [-0.05, 0) is 65.9 Å². The highest BCUT2D eigenvalue weighted by Gasteiger charge is 2.64. The highest BCUT2D eigenvalue weighted by atomic mass is 28.4. The van der Waals surface area contributed by atoms with Crippen molar-refractivity contribution in [1.29, 1.82) is 0 Å². The fourth-order valence-corrected chi connectivity index (χ4v) is 28.0. The molecule has 10 aromatic rings. The fraction of sp³-hybridized carbons (Fsp3) is 0.363. The zero-order chi connectivity index (χ0) is 91.7. The first-order chi connectivity index (χ1) is 64.0. The first-order valence-corrected chi connectivity index (χ1v) is 48.7. The maximum Gasteiger partial charge on any atom is 0.412 e. The van der Waals surface area contributed by atoms with Gasteiger partial charge in [0.25, 0.3) is 16.6 Å². The molecule has 1 saturated carbocycles. The van der Waals surface area contributed by atoms with E-state index in [9.17, 15) is 34.2 Å². The van der Waals surface area contributed by atoms with Crippen LogP contribution < -0.4 is 42.4 Å². The van der Waals surface area contributed by atoms with E-state index in [1.165, 1.54) is 9.80 Å². The standard InChI is InChI=1S/C102H112N6O22Si2/c1-101(2,3)132(73-52-32-14-33-53-73,74-54-34-15-35-55-74)121-64-80-85(127-94-81(105-96(111)117-60-65-36-16-6-17-37-65)83(109)88-78(122-94)58-107(91(125-88)69-44-24-10-25-45-69)99(114)119-62-67-40-20-8-21-41-67)75(57-102(4,5)131(116,71-48-28-12-29-49-71)72-50-30-13-31-51-72)93(124-80)129-90-86(76(103)56-77-87(90)130-98(113)104-77)128-95-82(106-97(112)118-61-66-38-18-7-19-39-66)84(110)89-79(123-95)59-108(92(126-89)70-46-26-11-27-47-70)100(115)120-63-68-42-22-9-23-43-68/h6-55,75-95,109-110,116H,56-64,103H2,1-5H3,(H,104,113)(H,105,111)(H,106,112)/t75-,76+,77-,78+,79-,80-,81-,82-,83-,84+,85+,86-,87+,88-,89-,90+,91?,92?,93+,94-,95-/m1/s1. The van der Waals surface area contributed by atoms with Gasteiger partial charge in [0, 0.05) is 23.1 Å². The second-order valence-corrected chi connectivity index (χ2v) is 44.4. The molecule has 5 amide bonds. The Morgan fingerprint density at radius 1 is 0.447 bits per heavy atom. The number of benzene rings is 10. The van der Waals surface area contributed by atoms with Crippen molar-refractivity contribution in [2.45, 2.75) is 207 Å². The number of ether oxygens (including phenoxy) is 13. The van der Waals surface area contributed by atoms with Crippen LogP contribution in [-0.4, -0.2) is 202 Å². The molecule has 0 spiro atoms. The minimum Gasteiger partial charge on any atom is -0.445 e. The topological polar surface area (TPSA) is 344 Å². The molecule has 2 unspecified atom stereocenters. The van der Waals surface area contributed by atoms with Gasteiger partial charge in [-0.15, -0.1) is 0 Å². The van der Waals surface area contributed by atoms with E-state index in [1.54, 1.807) is 84.9 Å². The van der Waals surface area contributed by atoms with E-state index in [-0.39, 0.29) is 59.0 Å². The van der Waals surface area contributed by atoms with E-state index < -0.39 is 186 Å². The van der Waals surface area contributed by atoms with Crippen LogP contribution in [0.3, 0.4) is 0 Å². The number of aliphatic hydroxyl groups excluding tert-OH is 2. The minimum atomic E-state index is -4.19. The van der Waals surface area contributed by atoms with E-state index in [1.807, 2.05) is 208 Å². The van der Waals surface area contributed by atoms with Crippen LogP contribution >= 0.6 is 0 Å². The van der Waals surface area contributed by atoms with E-state index in [2.05, 4.69) is 61.0 Å². The molecule has 28 nitrogen and oxygen atoms in total. The highest BCUT2D eigenvalue weighted by Crippen LogP contribution is 2.51. The maximum atomic E-state index is 15.0. The summed E-state index contributed by atoms with van der Waals surface area (Å²) in [5, 5.41) is 36.9. The molecular weight excluding hydrogens is 1720 g/mol. The Morgan fingerprint density at radius 3 is 1.20 bits per heavy atom. The van der Waals surface area contributed by atoms with E-state index in [4.69, 9.17) is 71.7 Å². The number of carbonyl (C=O) groups is 5. The van der Waals surface area contributed by atoms with Gasteiger partial charge in [0.1, 0.15) is 93.4 Å². The molecule has 0 aromatic heterocycles. The minimum absolute atomic E-state index is 0.00148. The van der Waals surface area contributed by atoms with Gasteiger partial charge in [0.2, 0.25) is 0 Å². The number of carbonyl (C=O) groups excluding carboxylic acids is 5. The summed E-state index contributed by atoms with van der Waals surface area (Å²) < 4.78 is 97.6. The molecule has 7 fully saturated rings. The van der Waals surface area contributed by atoms with Crippen molar-refractivity contribution >= 4 is 67.8 Å². The number of rotatable bonds is 28. The average molecular weight is 1830 g/mol. The van der Waals surface area contributed by atoms with Gasteiger partial charge in [-0.3, -0.25) is 9.80 Å². The monoisotopic (exact) mass is 1830 g/mol. The number of nitrogens with two attached hydrogens (primary N) is 1. The molecule has 6 aliphatic heterocycles. The fourth-order valence-electron chi connectivity index (χ4n) is 19.6. The maximum absolute atomic E-state index is 15.0. The molecule has 21 atom stereocenters. The molecule has 10 aromatic carbocycles. The van der Waals surface area contributed by atoms with Crippen molar-refractivity contribution in [2.75, 3.05) is 19.7 Å². The second-order valence-electron chi connectivity index (χ2n) is 36.2. The smallest absolute Gasteiger partial charge is 0.412 e. The normalized spacial score (nSPS) is 27.6.